The van der Waals surface area contributed by atoms with Crippen LogP contribution in [0.2, 0.25) is 0 Å². The first-order valence-corrected chi connectivity index (χ1v) is 6.04. The summed E-state index contributed by atoms with van der Waals surface area (Å²) in [6.07, 6.45) is 4.58. The van der Waals surface area contributed by atoms with Crippen LogP contribution in [0.4, 0.5) is 0 Å². The van der Waals surface area contributed by atoms with E-state index in [1.165, 1.54) is 12.8 Å². The molecule has 0 saturated heterocycles. The SMILES string of the molecule is CC1CC1C(=O)NCC1CCCC1Cl. The van der Waals surface area contributed by atoms with Gasteiger partial charge < -0.3 is 5.32 Å². The third kappa shape index (κ3) is 2.22. The molecule has 1 amide bonds. The number of hydrogen-bond acceptors (Lipinski definition) is 1. The van der Waals surface area contributed by atoms with Crippen molar-refractivity contribution in [3.63, 3.8) is 0 Å². The highest BCUT2D eigenvalue weighted by Crippen LogP contribution is 2.38. The van der Waals surface area contributed by atoms with Crippen LogP contribution in [-0.2, 0) is 4.79 Å². The van der Waals surface area contributed by atoms with E-state index < -0.39 is 0 Å². The summed E-state index contributed by atoms with van der Waals surface area (Å²) < 4.78 is 0. The van der Waals surface area contributed by atoms with Crippen molar-refractivity contribution in [1.29, 1.82) is 0 Å². The molecule has 0 aromatic rings. The van der Waals surface area contributed by atoms with Crippen LogP contribution in [0.15, 0.2) is 0 Å². The van der Waals surface area contributed by atoms with Crippen LogP contribution < -0.4 is 5.32 Å². The van der Waals surface area contributed by atoms with Gasteiger partial charge in [0.15, 0.2) is 0 Å². The molecular formula is C11H18ClNO. The molecule has 0 heterocycles. The van der Waals surface area contributed by atoms with Crippen LogP contribution in [0.5, 0.6) is 0 Å². The topological polar surface area (TPSA) is 29.1 Å². The third-order valence-electron chi connectivity index (χ3n) is 3.55. The summed E-state index contributed by atoms with van der Waals surface area (Å²) in [4.78, 5) is 11.5. The largest absolute Gasteiger partial charge is 0.356 e. The van der Waals surface area contributed by atoms with Crippen LogP contribution in [-0.4, -0.2) is 17.8 Å². The molecule has 4 atom stereocenters. The fraction of sp³-hybridized carbons (Fsp3) is 0.909. The van der Waals surface area contributed by atoms with Crippen LogP contribution in [0.1, 0.15) is 32.6 Å². The van der Waals surface area contributed by atoms with Gasteiger partial charge in [-0.1, -0.05) is 13.3 Å². The predicted molar refractivity (Wildman–Crippen MR) is 57.3 cm³/mol. The van der Waals surface area contributed by atoms with Gasteiger partial charge >= 0.3 is 0 Å². The molecule has 2 nitrogen and oxygen atoms in total. The number of alkyl halides is 1. The minimum Gasteiger partial charge on any atom is -0.356 e. The Kier molecular flexibility index (Phi) is 3.01. The minimum absolute atomic E-state index is 0.244. The van der Waals surface area contributed by atoms with Gasteiger partial charge in [-0.3, -0.25) is 4.79 Å². The van der Waals surface area contributed by atoms with Crippen molar-refractivity contribution < 1.29 is 4.79 Å². The smallest absolute Gasteiger partial charge is 0.223 e. The molecule has 0 aliphatic heterocycles. The van der Waals surface area contributed by atoms with E-state index >= 15 is 0 Å². The number of rotatable bonds is 3. The first-order valence-electron chi connectivity index (χ1n) is 5.60. The lowest BCUT2D eigenvalue weighted by molar-refractivity contribution is -0.122. The van der Waals surface area contributed by atoms with Crippen molar-refractivity contribution in [1.82, 2.24) is 5.32 Å². The highest BCUT2D eigenvalue weighted by atomic mass is 35.5. The summed E-state index contributed by atoms with van der Waals surface area (Å²) in [5.74, 6) is 1.65. The van der Waals surface area contributed by atoms with E-state index in [9.17, 15) is 4.79 Å². The van der Waals surface area contributed by atoms with Gasteiger partial charge in [0.05, 0.1) is 0 Å². The van der Waals surface area contributed by atoms with Crippen molar-refractivity contribution in [3.8, 4) is 0 Å². The van der Waals surface area contributed by atoms with Crippen molar-refractivity contribution >= 4 is 17.5 Å². The lowest BCUT2D eigenvalue weighted by Gasteiger charge is -2.14. The molecule has 2 aliphatic carbocycles. The van der Waals surface area contributed by atoms with E-state index in [-0.39, 0.29) is 11.3 Å². The Hall–Kier alpha value is -0.240. The van der Waals surface area contributed by atoms with Gasteiger partial charge in [0, 0.05) is 17.8 Å². The first kappa shape index (κ1) is 10.3. The average Bonchev–Trinajstić information content (AvgIpc) is 2.74. The minimum atomic E-state index is 0.244. The third-order valence-corrected chi connectivity index (χ3v) is 4.13. The zero-order valence-electron chi connectivity index (χ0n) is 8.63. The number of amides is 1. The van der Waals surface area contributed by atoms with Gasteiger partial charge in [0.2, 0.25) is 5.91 Å². The van der Waals surface area contributed by atoms with E-state index in [0.29, 0.717) is 17.8 Å². The maximum atomic E-state index is 11.5. The molecule has 1 N–H and O–H groups in total. The van der Waals surface area contributed by atoms with E-state index in [0.717, 1.165) is 19.4 Å². The summed E-state index contributed by atoms with van der Waals surface area (Å²) >= 11 is 6.13. The lowest BCUT2D eigenvalue weighted by Crippen LogP contribution is -2.32. The van der Waals surface area contributed by atoms with Gasteiger partial charge in [-0.25, -0.2) is 0 Å². The Bertz CT molecular complexity index is 231. The molecule has 0 aromatic heterocycles. The standard InChI is InChI=1S/C11H18ClNO/c1-7-5-9(7)11(14)13-6-8-3-2-4-10(8)12/h7-10H,2-6H2,1H3,(H,13,14). The number of nitrogens with one attached hydrogen (secondary N) is 1. The van der Waals surface area contributed by atoms with Gasteiger partial charge in [0.1, 0.15) is 0 Å². The first-order chi connectivity index (χ1) is 6.68. The Morgan fingerprint density at radius 1 is 1.50 bits per heavy atom. The van der Waals surface area contributed by atoms with E-state index in [1.54, 1.807) is 0 Å². The Morgan fingerprint density at radius 3 is 2.71 bits per heavy atom. The molecule has 2 rings (SSSR count). The Morgan fingerprint density at radius 2 is 2.21 bits per heavy atom. The molecule has 2 aliphatic rings. The van der Waals surface area contributed by atoms with Crippen LogP contribution in [0, 0.1) is 17.8 Å². The van der Waals surface area contributed by atoms with E-state index in [4.69, 9.17) is 11.6 Å². The number of hydrogen-bond donors (Lipinski definition) is 1. The molecule has 2 fully saturated rings. The predicted octanol–water partition coefficient (Wildman–Crippen LogP) is 2.17. The quantitative estimate of drug-likeness (QED) is 0.719. The molecule has 0 spiro atoms. The molecule has 4 unspecified atom stereocenters. The Labute approximate surface area is 90.4 Å². The second-order valence-corrected chi connectivity index (χ2v) is 5.33. The van der Waals surface area contributed by atoms with Gasteiger partial charge in [-0.15, -0.1) is 11.6 Å². The van der Waals surface area contributed by atoms with Crippen LogP contribution >= 0.6 is 11.6 Å². The van der Waals surface area contributed by atoms with E-state index in [2.05, 4.69) is 12.2 Å². The Balaban J connectivity index is 1.69. The summed E-state index contributed by atoms with van der Waals surface area (Å²) in [5, 5.41) is 3.31. The summed E-state index contributed by atoms with van der Waals surface area (Å²) in [7, 11) is 0. The summed E-state index contributed by atoms with van der Waals surface area (Å²) in [5.41, 5.74) is 0. The maximum absolute atomic E-state index is 11.5. The van der Waals surface area contributed by atoms with Crippen LogP contribution in [0.25, 0.3) is 0 Å². The van der Waals surface area contributed by atoms with Crippen molar-refractivity contribution in [3.05, 3.63) is 0 Å². The molecule has 0 aromatic carbocycles. The van der Waals surface area contributed by atoms with Crippen molar-refractivity contribution in [2.24, 2.45) is 17.8 Å². The molecule has 80 valence electrons. The summed E-state index contributed by atoms with van der Waals surface area (Å²) in [6, 6.07) is 0. The zero-order chi connectivity index (χ0) is 10.1. The fourth-order valence-corrected chi connectivity index (χ4v) is 2.64. The summed E-state index contributed by atoms with van der Waals surface area (Å²) in [6.45, 7) is 2.92. The van der Waals surface area contributed by atoms with Crippen LogP contribution in [0.3, 0.4) is 0 Å². The van der Waals surface area contributed by atoms with Crippen molar-refractivity contribution in [2.45, 2.75) is 38.0 Å². The molecule has 14 heavy (non-hydrogen) atoms. The second-order valence-electron chi connectivity index (χ2n) is 4.77. The normalized spacial score (nSPS) is 41.0. The monoisotopic (exact) mass is 215 g/mol. The average molecular weight is 216 g/mol. The highest BCUT2D eigenvalue weighted by molar-refractivity contribution is 6.20. The zero-order valence-corrected chi connectivity index (χ0v) is 9.39. The van der Waals surface area contributed by atoms with Crippen molar-refractivity contribution in [2.75, 3.05) is 6.54 Å². The number of carbonyl (C=O) groups is 1. The number of carbonyl (C=O) groups excluding carboxylic acids is 1. The fourth-order valence-electron chi connectivity index (χ4n) is 2.27. The molecule has 2 saturated carbocycles. The second kappa shape index (κ2) is 4.09. The molecule has 3 heteroatoms. The van der Waals surface area contributed by atoms with Gasteiger partial charge in [-0.05, 0) is 31.1 Å². The molecule has 0 bridgehead atoms. The highest BCUT2D eigenvalue weighted by Gasteiger charge is 2.39. The van der Waals surface area contributed by atoms with E-state index in [1.807, 2.05) is 0 Å². The number of halogens is 1. The van der Waals surface area contributed by atoms with Gasteiger partial charge in [0.25, 0.3) is 0 Å². The molecule has 0 radical (unpaired) electrons. The van der Waals surface area contributed by atoms with Gasteiger partial charge in [-0.2, -0.15) is 0 Å². The maximum Gasteiger partial charge on any atom is 0.223 e. The lowest BCUT2D eigenvalue weighted by atomic mass is 10.1. The molecular weight excluding hydrogens is 198 g/mol.